The van der Waals surface area contributed by atoms with Crippen LogP contribution in [0.5, 0.6) is 5.75 Å². The molecule has 8 nitrogen and oxygen atoms in total. The average Bonchev–Trinajstić information content (AvgIpc) is 3.06. The van der Waals surface area contributed by atoms with Gasteiger partial charge in [0.1, 0.15) is 11.8 Å². The fourth-order valence-electron chi connectivity index (χ4n) is 3.50. The lowest BCUT2D eigenvalue weighted by atomic mass is 10.1. The van der Waals surface area contributed by atoms with Gasteiger partial charge in [0.15, 0.2) is 6.10 Å². The third kappa shape index (κ3) is 5.19. The van der Waals surface area contributed by atoms with Gasteiger partial charge in [-0.1, -0.05) is 24.3 Å². The fraction of sp³-hybridized carbons (Fsp3) is 0.333. The van der Waals surface area contributed by atoms with Crippen molar-refractivity contribution in [1.82, 2.24) is 15.8 Å². The Labute approximate surface area is 197 Å². The summed E-state index contributed by atoms with van der Waals surface area (Å²) >= 11 is 1.49. The maximum Gasteiger partial charge on any atom is 0.279 e. The number of hydrogen-bond donors (Lipinski definition) is 2. The maximum absolute atomic E-state index is 12.9. The van der Waals surface area contributed by atoms with E-state index in [9.17, 15) is 19.2 Å². The molecule has 1 heterocycles. The van der Waals surface area contributed by atoms with Crippen LogP contribution in [-0.4, -0.2) is 52.7 Å². The van der Waals surface area contributed by atoms with Crippen molar-refractivity contribution in [2.24, 2.45) is 0 Å². The van der Waals surface area contributed by atoms with Crippen molar-refractivity contribution in [3.63, 3.8) is 0 Å². The van der Waals surface area contributed by atoms with E-state index in [1.54, 1.807) is 37.3 Å². The Hall–Kier alpha value is -3.33. The number of benzene rings is 2. The molecule has 2 aromatic rings. The molecular weight excluding hydrogens is 442 g/mol. The number of thioether (sulfide) groups is 1. The summed E-state index contributed by atoms with van der Waals surface area (Å²) in [4.78, 5) is 52.1. The Balaban J connectivity index is 1.67. The molecule has 1 aliphatic rings. The molecule has 9 heteroatoms. The summed E-state index contributed by atoms with van der Waals surface area (Å²) in [6, 6.07) is 11.0. The SMILES string of the molecule is CSCC[C@H](C(=O)NNC(=O)[C@@H](C)Oc1cccc(C)c1C)N1C(=O)c2ccccc2C1=O. The van der Waals surface area contributed by atoms with Crippen molar-refractivity contribution >= 4 is 35.4 Å². The van der Waals surface area contributed by atoms with Crippen molar-refractivity contribution in [1.29, 1.82) is 0 Å². The highest BCUT2D eigenvalue weighted by atomic mass is 32.2. The standard InChI is InChI=1S/C24H27N3O5S/c1-14-8-7-11-20(15(14)2)32-16(3)21(28)25-26-22(29)19(12-13-33-4)27-23(30)17-9-5-6-10-18(17)24(27)31/h5-11,16,19H,12-13H2,1-4H3,(H,25,28)(H,26,29)/t16-,19-/m1/s1. The number of rotatable bonds is 8. The number of ether oxygens (including phenoxy) is 1. The first-order valence-corrected chi connectivity index (χ1v) is 11.9. The summed E-state index contributed by atoms with van der Waals surface area (Å²) < 4.78 is 5.74. The second-order valence-electron chi connectivity index (χ2n) is 7.76. The van der Waals surface area contributed by atoms with Gasteiger partial charge in [0.05, 0.1) is 11.1 Å². The van der Waals surface area contributed by atoms with Gasteiger partial charge in [-0.25, -0.2) is 0 Å². The second-order valence-corrected chi connectivity index (χ2v) is 8.75. The van der Waals surface area contributed by atoms with E-state index in [2.05, 4.69) is 10.9 Å². The van der Waals surface area contributed by atoms with Gasteiger partial charge in [-0.05, 0) is 68.5 Å². The van der Waals surface area contributed by atoms with Gasteiger partial charge < -0.3 is 4.74 Å². The van der Waals surface area contributed by atoms with Gasteiger partial charge >= 0.3 is 0 Å². The molecule has 33 heavy (non-hydrogen) atoms. The van der Waals surface area contributed by atoms with Crippen LogP contribution >= 0.6 is 11.8 Å². The van der Waals surface area contributed by atoms with Crippen LogP contribution in [0.4, 0.5) is 0 Å². The Kier molecular flexibility index (Phi) is 7.75. The molecule has 0 spiro atoms. The number of nitrogens with one attached hydrogen (secondary N) is 2. The molecule has 0 aliphatic carbocycles. The molecule has 0 bridgehead atoms. The number of imide groups is 1. The maximum atomic E-state index is 12.9. The third-order valence-electron chi connectivity index (χ3n) is 5.57. The van der Waals surface area contributed by atoms with Crippen LogP contribution in [0.15, 0.2) is 42.5 Å². The van der Waals surface area contributed by atoms with E-state index < -0.39 is 35.8 Å². The molecule has 2 aromatic carbocycles. The van der Waals surface area contributed by atoms with E-state index in [4.69, 9.17) is 4.74 Å². The van der Waals surface area contributed by atoms with Gasteiger partial charge in [-0.15, -0.1) is 0 Å². The minimum absolute atomic E-state index is 0.253. The second kappa shape index (κ2) is 10.5. The van der Waals surface area contributed by atoms with Crippen LogP contribution in [0.1, 0.15) is 45.2 Å². The van der Waals surface area contributed by atoms with Gasteiger partial charge in [0, 0.05) is 0 Å². The molecule has 0 radical (unpaired) electrons. The smallest absolute Gasteiger partial charge is 0.279 e. The predicted octanol–water partition coefficient (Wildman–Crippen LogP) is 2.64. The zero-order valence-electron chi connectivity index (χ0n) is 19.0. The largest absolute Gasteiger partial charge is 0.481 e. The fourth-order valence-corrected chi connectivity index (χ4v) is 3.96. The Morgan fingerprint density at radius 3 is 2.18 bits per heavy atom. The van der Waals surface area contributed by atoms with Gasteiger partial charge in [0.25, 0.3) is 23.6 Å². The summed E-state index contributed by atoms with van der Waals surface area (Å²) in [5.41, 5.74) is 7.19. The first-order valence-electron chi connectivity index (χ1n) is 10.5. The van der Waals surface area contributed by atoms with Crippen molar-refractivity contribution < 1.29 is 23.9 Å². The molecule has 1 aliphatic heterocycles. The number of fused-ring (bicyclic) bond motifs is 1. The number of carbonyl (C=O) groups excluding carboxylic acids is 4. The first-order chi connectivity index (χ1) is 15.8. The normalized spacial score (nSPS) is 14.5. The number of hydrogen-bond acceptors (Lipinski definition) is 6. The lowest BCUT2D eigenvalue weighted by molar-refractivity contribution is -0.134. The van der Waals surface area contributed by atoms with Crippen LogP contribution in [-0.2, 0) is 9.59 Å². The molecule has 2 N–H and O–H groups in total. The number of amides is 4. The third-order valence-corrected chi connectivity index (χ3v) is 6.22. The first kappa shape index (κ1) is 24.3. The monoisotopic (exact) mass is 469 g/mol. The zero-order valence-corrected chi connectivity index (χ0v) is 19.8. The lowest BCUT2D eigenvalue weighted by Crippen LogP contribution is -2.55. The molecule has 3 rings (SSSR count). The molecule has 0 fully saturated rings. The highest BCUT2D eigenvalue weighted by molar-refractivity contribution is 7.98. The van der Waals surface area contributed by atoms with Crippen LogP contribution < -0.4 is 15.6 Å². The van der Waals surface area contributed by atoms with Gasteiger partial charge in [-0.3, -0.25) is 34.9 Å². The van der Waals surface area contributed by atoms with Crippen molar-refractivity contribution in [3.05, 3.63) is 64.7 Å². The number of carbonyl (C=O) groups is 4. The minimum atomic E-state index is -1.06. The summed E-state index contributed by atoms with van der Waals surface area (Å²) in [5, 5.41) is 0. The van der Waals surface area contributed by atoms with Gasteiger partial charge in [-0.2, -0.15) is 11.8 Å². The summed E-state index contributed by atoms with van der Waals surface area (Å²) in [5.74, 6) is -1.12. The van der Waals surface area contributed by atoms with Crippen LogP contribution in [0, 0.1) is 13.8 Å². The van der Waals surface area contributed by atoms with Crippen molar-refractivity contribution in [3.8, 4) is 5.75 Å². The zero-order chi connectivity index (χ0) is 24.1. The number of hydrazine groups is 1. The topological polar surface area (TPSA) is 105 Å². The van der Waals surface area contributed by atoms with E-state index in [0.717, 1.165) is 16.0 Å². The van der Waals surface area contributed by atoms with Crippen molar-refractivity contribution in [2.75, 3.05) is 12.0 Å². The van der Waals surface area contributed by atoms with E-state index in [0.29, 0.717) is 11.5 Å². The molecular formula is C24H27N3O5S. The Morgan fingerprint density at radius 1 is 0.970 bits per heavy atom. The molecule has 174 valence electrons. The van der Waals surface area contributed by atoms with Crippen LogP contribution in [0.2, 0.25) is 0 Å². The molecule has 0 unspecified atom stereocenters. The molecule has 0 saturated heterocycles. The van der Waals surface area contributed by atoms with Crippen LogP contribution in [0.3, 0.4) is 0 Å². The number of aryl methyl sites for hydroxylation is 1. The van der Waals surface area contributed by atoms with Gasteiger partial charge in [0.2, 0.25) is 0 Å². The average molecular weight is 470 g/mol. The lowest BCUT2D eigenvalue weighted by Gasteiger charge is -2.25. The minimum Gasteiger partial charge on any atom is -0.481 e. The van der Waals surface area contributed by atoms with E-state index >= 15 is 0 Å². The highest BCUT2D eigenvalue weighted by Gasteiger charge is 2.42. The summed E-state index contributed by atoms with van der Waals surface area (Å²) in [7, 11) is 0. The van der Waals surface area contributed by atoms with Crippen LogP contribution in [0.25, 0.3) is 0 Å². The highest BCUT2D eigenvalue weighted by Crippen LogP contribution is 2.26. The van der Waals surface area contributed by atoms with E-state index in [1.807, 2.05) is 32.2 Å². The summed E-state index contributed by atoms with van der Waals surface area (Å²) in [6.07, 6.45) is 1.24. The van der Waals surface area contributed by atoms with E-state index in [1.165, 1.54) is 11.8 Å². The predicted molar refractivity (Wildman–Crippen MR) is 126 cm³/mol. The molecule has 0 aromatic heterocycles. The molecule has 2 atom stereocenters. The molecule has 0 saturated carbocycles. The van der Waals surface area contributed by atoms with E-state index in [-0.39, 0.29) is 17.5 Å². The number of nitrogens with zero attached hydrogens (tertiary/aromatic N) is 1. The molecule has 4 amide bonds. The summed E-state index contributed by atoms with van der Waals surface area (Å²) in [6.45, 7) is 5.41. The Morgan fingerprint density at radius 2 is 1.58 bits per heavy atom. The van der Waals surface area contributed by atoms with Crippen molar-refractivity contribution in [2.45, 2.75) is 39.3 Å². The Bertz CT molecular complexity index is 1050. The quantitative estimate of drug-likeness (QED) is 0.455.